The van der Waals surface area contributed by atoms with Gasteiger partial charge in [0.25, 0.3) is 5.91 Å². The van der Waals surface area contributed by atoms with E-state index in [4.69, 9.17) is 4.74 Å². The molecule has 0 spiro atoms. The first-order valence-corrected chi connectivity index (χ1v) is 8.80. The predicted octanol–water partition coefficient (Wildman–Crippen LogP) is 5.29. The minimum absolute atomic E-state index is 0.119. The van der Waals surface area contributed by atoms with Gasteiger partial charge in [0.15, 0.2) is 0 Å². The molecule has 0 unspecified atom stereocenters. The van der Waals surface area contributed by atoms with Crippen molar-refractivity contribution < 1.29 is 22.7 Å². The number of benzene rings is 3. The van der Waals surface area contributed by atoms with E-state index in [1.165, 1.54) is 12.1 Å². The number of hydrogen-bond acceptors (Lipinski definition) is 2. The molecule has 28 heavy (non-hydrogen) atoms. The van der Waals surface area contributed by atoms with E-state index in [0.717, 1.165) is 28.5 Å². The first-order valence-electron chi connectivity index (χ1n) is 8.80. The van der Waals surface area contributed by atoms with E-state index in [-0.39, 0.29) is 11.9 Å². The molecule has 1 atom stereocenters. The summed E-state index contributed by atoms with van der Waals surface area (Å²) in [6.45, 7) is 2.27. The summed E-state index contributed by atoms with van der Waals surface area (Å²) in [5.41, 5.74) is 1.33. The first-order chi connectivity index (χ1) is 13.3. The van der Waals surface area contributed by atoms with Gasteiger partial charge in [-0.25, -0.2) is 0 Å². The number of rotatable bonds is 5. The highest BCUT2D eigenvalue weighted by Gasteiger charge is 2.30. The number of hydrogen-bond donors (Lipinski definition) is 1. The van der Waals surface area contributed by atoms with Crippen LogP contribution in [0.25, 0.3) is 21.9 Å². The van der Waals surface area contributed by atoms with Crippen LogP contribution in [0.5, 0.6) is 0 Å². The second-order valence-corrected chi connectivity index (χ2v) is 6.65. The molecule has 0 bridgehead atoms. The van der Waals surface area contributed by atoms with Crippen molar-refractivity contribution in [1.82, 2.24) is 5.32 Å². The van der Waals surface area contributed by atoms with Gasteiger partial charge in [0.1, 0.15) is 0 Å². The average molecular weight is 387 g/mol. The van der Waals surface area contributed by atoms with Gasteiger partial charge in [-0.2, -0.15) is 13.2 Å². The van der Waals surface area contributed by atoms with E-state index < -0.39 is 11.7 Å². The van der Waals surface area contributed by atoms with Crippen LogP contribution in [-0.4, -0.2) is 25.7 Å². The third kappa shape index (κ3) is 4.34. The third-order valence-electron chi connectivity index (χ3n) is 4.46. The Bertz CT molecular complexity index is 981. The molecule has 3 rings (SSSR count). The van der Waals surface area contributed by atoms with Crippen LogP contribution in [0.3, 0.4) is 0 Å². The van der Waals surface area contributed by atoms with Gasteiger partial charge in [-0.1, -0.05) is 36.4 Å². The molecular formula is C22H20F3NO2. The molecule has 0 aliphatic rings. The fourth-order valence-corrected chi connectivity index (χ4v) is 3.11. The molecule has 3 aromatic carbocycles. The molecule has 0 heterocycles. The molecule has 6 heteroatoms. The van der Waals surface area contributed by atoms with E-state index >= 15 is 0 Å². The highest BCUT2D eigenvalue weighted by molar-refractivity contribution is 6.02. The lowest BCUT2D eigenvalue weighted by molar-refractivity contribution is -0.137. The minimum atomic E-state index is -4.36. The normalized spacial score (nSPS) is 12.8. The second-order valence-electron chi connectivity index (χ2n) is 6.65. The summed E-state index contributed by atoms with van der Waals surface area (Å²) in [5, 5.41) is 4.56. The lowest BCUT2D eigenvalue weighted by atomic mass is 9.96. The largest absolute Gasteiger partial charge is 0.416 e. The Morgan fingerprint density at radius 3 is 2.43 bits per heavy atom. The molecule has 0 aromatic heterocycles. The summed E-state index contributed by atoms with van der Waals surface area (Å²) in [6.07, 6.45) is -4.36. The van der Waals surface area contributed by atoms with E-state index in [1.807, 2.05) is 31.2 Å². The Hall–Kier alpha value is -2.86. The van der Waals surface area contributed by atoms with Crippen LogP contribution in [0.1, 0.15) is 22.8 Å². The standard InChI is InChI=1S/C22H20F3NO2/c1-14(13-28-2)26-21(27)17-8-11-20-16(12-17)4-3-5-19(20)15-6-9-18(10-7-15)22(23,24)25/h3-12,14H,13H2,1-2H3,(H,26,27)/t14-/m1/s1. The van der Waals surface area contributed by atoms with Crippen LogP contribution >= 0.6 is 0 Å². The maximum atomic E-state index is 12.8. The highest BCUT2D eigenvalue weighted by Crippen LogP contribution is 2.33. The second kappa shape index (κ2) is 8.02. The van der Waals surface area contributed by atoms with Gasteiger partial charge in [0, 0.05) is 18.7 Å². The summed E-state index contributed by atoms with van der Waals surface area (Å²) in [6, 6.07) is 15.8. The van der Waals surface area contributed by atoms with Crippen LogP contribution in [-0.2, 0) is 10.9 Å². The number of halogens is 3. The molecule has 1 N–H and O–H groups in total. The van der Waals surface area contributed by atoms with Crippen molar-refractivity contribution in [1.29, 1.82) is 0 Å². The molecule has 0 aliphatic heterocycles. The molecule has 3 nitrogen and oxygen atoms in total. The Balaban J connectivity index is 1.93. The molecule has 0 aliphatic carbocycles. The molecule has 0 saturated carbocycles. The van der Waals surface area contributed by atoms with E-state index in [9.17, 15) is 18.0 Å². The number of nitrogens with one attached hydrogen (secondary N) is 1. The summed E-state index contributed by atoms with van der Waals surface area (Å²) in [7, 11) is 1.57. The Labute approximate surface area is 161 Å². The Morgan fingerprint density at radius 1 is 1.07 bits per heavy atom. The fourth-order valence-electron chi connectivity index (χ4n) is 3.11. The van der Waals surface area contributed by atoms with Gasteiger partial charge in [0.2, 0.25) is 0 Å². The van der Waals surface area contributed by atoms with E-state index in [1.54, 1.807) is 19.2 Å². The topological polar surface area (TPSA) is 38.3 Å². The van der Waals surface area contributed by atoms with Gasteiger partial charge in [-0.3, -0.25) is 4.79 Å². The SMILES string of the molecule is COC[C@@H](C)NC(=O)c1ccc2c(-c3ccc(C(F)(F)F)cc3)cccc2c1. The van der Waals surface area contributed by atoms with Crippen molar-refractivity contribution in [2.45, 2.75) is 19.1 Å². The van der Waals surface area contributed by atoms with Crippen molar-refractivity contribution in [3.05, 3.63) is 71.8 Å². The van der Waals surface area contributed by atoms with Gasteiger partial charge < -0.3 is 10.1 Å². The molecule has 146 valence electrons. The predicted molar refractivity (Wildman–Crippen MR) is 103 cm³/mol. The number of carbonyl (C=O) groups excluding carboxylic acids is 1. The van der Waals surface area contributed by atoms with E-state index in [2.05, 4.69) is 5.32 Å². The zero-order valence-corrected chi connectivity index (χ0v) is 15.5. The summed E-state index contributed by atoms with van der Waals surface area (Å²) in [5.74, 6) is -0.202. The van der Waals surface area contributed by atoms with Gasteiger partial charge in [-0.15, -0.1) is 0 Å². The van der Waals surface area contributed by atoms with Crippen LogP contribution < -0.4 is 5.32 Å². The van der Waals surface area contributed by atoms with Crippen LogP contribution in [0.2, 0.25) is 0 Å². The lowest BCUT2D eigenvalue weighted by Gasteiger charge is -2.14. The Morgan fingerprint density at radius 2 is 1.79 bits per heavy atom. The number of fused-ring (bicyclic) bond motifs is 1. The summed E-state index contributed by atoms with van der Waals surface area (Å²) < 4.78 is 43.4. The van der Waals surface area contributed by atoms with Crippen molar-refractivity contribution in [3.8, 4) is 11.1 Å². The number of amides is 1. The highest BCUT2D eigenvalue weighted by atomic mass is 19.4. The van der Waals surface area contributed by atoms with Gasteiger partial charge >= 0.3 is 6.18 Å². The van der Waals surface area contributed by atoms with Gasteiger partial charge in [-0.05, 0) is 53.1 Å². The molecule has 1 amide bonds. The lowest BCUT2D eigenvalue weighted by Crippen LogP contribution is -2.35. The fraction of sp³-hybridized carbons (Fsp3) is 0.227. The zero-order valence-electron chi connectivity index (χ0n) is 15.5. The van der Waals surface area contributed by atoms with Crippen LogP contribution in [0.4, 0.5) is 13.2 Å². The third-order valence-corrected chi connectivity index (χ3v) is 4.46. The molecule has 0 saturated heterocycles. The number of carbonyl (C=O) groups is 1. The first kappa shape index (κ1) is 19.9. The smallest absolute Gasteiger partial charge is 0.383 e. The van der Waals surface area contributed by atoms with Crippen LogP contribution in [0, 0.1) is 0 Å². The molecular weight excluding hydrogens is 367 g/mol. The monoisotopic (exact) mass is 387 g/mol. The quantitative estimate of drug-likeness (QED) is 0.646. The number of alkyl halides is 3. The average Bonchev–Trinajstić information content (AvgIpc) is 2.66. The maximum Gasteiger partial charge on any atom is 0.416 e. The van der Waals surface area contributed by atoms with Gasteiger partial charge in [0.05, 0.1) is 12.2 Å². The number of methoxy groups -OCH3 is 1. The maximum absolute atomic E-state index is 12.8. The van der Waals surface area contributed by atoms with Crippen molar-refractivity contribution >= 4 is 16.7 Å². The molecule has 0 radical (unpaired) electrons. The summed E-state index contributed by atoms with van der Waals surface area (Å²) >= 11 is 0. The number of ether oxygens (including phenoxy) is 1. The van der Waals surface area contributed by atoms with Crippen molar-refractivity contribution in [2.24, 2.45) is 0 Å². The minimum Gasteiger partial charge on any atom is -0.383 e. The van der Waals surface area contributed by atoms with E-state index in [0.29, 0.717) is 17.7 Å². The Kier molecular flexibility index (Phi) is 5.70. The van der Waals surface area contributed by atoms with Crippen LogP contribution in [0.15, 0.2) is 60.7 Å². The van der Waals surface area contributed by atoms with Crippen molar-refractivity contribution in [3.63, 3.8) is 0 Å². The zero-order chi connectivity index (χ0) is 20.3. The summed E-state index contributed by atoms with van der Waals surface area (Å²) in [4.78, 5) is 12.4. The molecule has 3 aromatic rings. The van der Waals surface area contributed by atoms with Crippen molar-refractivity contribution in [2.75, 3.05) is 13.7 Å². The molecule has 0 fully saturated rings.